The first kappa shape index (κ1) is 29.5. The van der Waals surface area contributed by atoms with Crippen LogP contribution in [-0.4, -0.2) is 70.6 Å². The first-order chi connectivity index (χ1) is 18.8. The molecule has 3 aromatic carbocycles. The molecule has 0 spiro atoms. The molecule has 2 N–H and O–H groups in total. The number of hydrogen-bond acceptors (Lipinski definition) is 8. The summed E-state index contributed by atoms with van der Waals surface area (Å²) in [5.74, 6) is -0.125. The first-order valence-electron chi connectivity index (χ1n) is 12.4. The quantitative estimate of drug-likeness (QED) is 0.294. The van der Waals surface area contributed by atoms with Crippen molar-refractivity contribution in [1.29, 1.82) is 0 Å². The van der Waals surface area contributed by atoms with Gasteiger partial charge in [0.25, 0.3) is 15.9 Å². The first-order valence-corrected chi connectivity index (χ1v) is 14.7. The summed E-state index contributed by atoms with van der Waals surface area (Å²) >= 11 is 1.49. The standard InChI is InChI=1S/C27H28FN5O4S2.ClH/c1-37-19-9-11-20(12-10-19)39(35,36)31-23-7-3-2-5-21(23)26(34)29-13-14-32-15-17-33(18-16-32)27-30-25-22(28)6-4-8-24(25)38-27;/h2-12,31H,13-18H2,1H3,(H,29,34);1H. The van der Waals surface area contributed by atoms with Gasteiger partial charge in [-0.25, -0.2) is 17.8 Å². The molecule has 9 nitrogen and oxygen atoms in total. The topological polar surface area (TPSA) is 104 Å². The van der Waals surface area contributed by atoms with Gasteiger partial charge in [0, 0.05) is 39.3 Å². The Balaban J connectivity index is 0.00000370. The summed E-state index contributed by atoms with van der Waals surface area (Å²) in [4.78, 5) is 21.9. The average Bonchev–Trinajstić information content (AvgIpc) is 3.39. The lowest BCUT2D eigenvalue weighted by Crippen LogP contribution is -2.48. The number of sulfonamides is 1. The van der Waals surface area contributed by atoms with E-state index in [0.29, 0.717) is 24.4 Å². The van der Waals surface area contributed by atoms with Crippen molar-refractivity contribution in [3.05, 3.63) is 78.1 Å². The zero-order chi connectivity index (χ0) is 27.4. The smallest absolute Gasteiger partial charge is 0.261 e. The summed E-state index contributed by atoms with van der Waals surface area (Å²) in [6.07, 6.45) is 0. The number of nitrogens with zero attached hydrogens (tertiary/aromatic N) is 3. The number of aromatic nitrogens is 1. The number of piperazine rings is 1. The Morgan fingerprint density at radius 1 is 1.02 bits per heavy atom. The second-order valence-corrected chi connectivity index (χ2v) is 11.7. The van der Waals surface area contributed by atoms with Crippen LogP contribution in [0.4, 0.5) is 15.2 Å². The van der Waals surface area contributed by atoms with Gasteiger partial charge in [0.1, 0.15) is 17.1 Å². The summed E-state index contributed by atoms with van der Waals surface area (Å²) in [6.45, 7) is 4.13. The van der Waals surface area contributed by atoms with Gasteiger partial charge in [-0.1, -0.05) is 29.5 Å². The van der Waals surface area contributed by atoms with Crippen molar-refractivity contribution in [2.24, 2.45) is 0 Å². The van der Waals surface area contributed by atoms with Crippen molar-refractivity contribution < 1.29 is 22.3 Å². The zero-order valence-corrected chi connectivity index (χ0v) is 24.1. The number of fused-ring (bicyclic) bond motifs is 1. The van der Waals surface area contributed by atoms with E-state index in [-0.39, 0.29) is 40.3 Å². The Morgan fingerprint density at radius 3 is 2.45 bits per heavy atom. The maximum atomic E-state index is 14.0. The molecule has 1 amide bonds. The van der Waals surface area contributed by atoms with Crippen LogP contribution in [0.3, 0.4) is 0 Å². The second-order valence-electron chi connectivity index (χ2n) is 8.99. The molecule has 1 aromatic heterocycles. The van der Waals surface area contributed by atoms with Crippen molar-refractivity contribution in [1.82, 2.24) is 15.2 Å². The molecular formula is C27H29ClFN5O4S2. The van der Waals surface area contributed by atoms with Crippen LogP contribution in [-0.2, 0) is 10.0 Å². The molecule has 13 heteroatoms. The summed E-state index contributed by atoms with van der Waals surface area (Å²) in [6, 6.07) is 17.5. The molecule has 5 rings (SSSR count). The molecule has 0 unspecified atom stereocenters. The lowest BCUT2D eigenvalue weighted by Gasteiger charge is -2.34. The number of hydrogen-bond donors (Lipinski definition) is 2. The molecule has 0 atom stereocenters. The van der Waals surface area contributed by atoms with Gasteiger partial charge in [-0.2, -0.15) is 0 Å². The Labute approximate surface area is 242 Å². The molecule has 2 heterocycles. The third-order valence-corrected chi connectivity index (χ3v) is 8.96. The van der Waals surface area contributed by atoms with Crippen LogP contribution in [0.25, 0.3) is 10.2 Å². The van der Waals surface area contributed by atoms with Crippen molar-refractivity contribution in [2.75, 3.05) is 56.0 Å². The number of halogens is 2. The van der Waals surface area contributed by atoms with Gasteiger partial charge in [0.2, 0.25) is 0 Å². The monoisotopic (exact) mass is 605 g/mol. The van der Waals surface area contributed by atoms with E-state index in [1.54, 1.807) is 42.5 Å². The number of nitrogens with one attached hydrogen (secondary N) is 2. The third kappa shape index (κ3) is 6.64. The van der Waals surface area contributed by atoms with E-state index < -0.39 is 10.0 Å². The Bertz CT molecular complexity index is 1580. The Hall–Kier alpha value is -3.45. The number of carbonyl (C=O) groups excluding carboxylic acids is 1. The van der Waals surface area contributed by atoms with E-state index in [1.807, 2.05) is 6.07 Å². The number of anilines is 2. The number of ether oxygens (including phenoxy) is 1. The molecule has 1 aliphatic heterocycles. The van der Waals surface area contributed by atoms with Gasteiger partial charge in [-0.15, -0.1) is 12.4 Å². The van der Waals surface area contributed by atoms with Gasteiger partial charge in [-0.05, 0) is 48.5 Å². The fraction of sp³-hybridized carbons (Fsp3) is 0.259. The number of para-hydroxylation sites is 2. The average molecular weight is 606 g/mol. The summed E-state index contributed by atoms with van der Waals surface area (Å²) in [5, 5.41) is 3.71. The number of amides is 1. The highest BCUT2D eigenvalue weighted by Crippen LogP contribution is 2.30. The molecule has 0 saturated carbocycles. The van der Waals surface area contributed by atoms with Crippen LogP contribution < -0.4 is 19.7 Å². The van der Waals surface area contributed by atoms with E-state index in [0.717, 1.165) is 36.0 Å². The Morgan fingerprint density at radius 2 is 1.75 bits per heavy atom. The zero-order valence-electron chi connectivity index (χ0n) is 21.7. The lowest BCUT2D eigenvalue weighted by molar-refractivity contribution is 0.0948. The summed E-state index contributed by atoms with van der Waals surface area (Å²) in [5.41, 5.74) is 0.850. The minimum Gasteiger partial charge on any atom is -0.497 e. The van der Waals surface area contributed by atoms with Gasteiger partial charge in [-0.3, -0.25) is 14.4 Å². The van der Waals surface area contributed by atoms with Crippen LogP contribution in [0.5, 0.6) is 5.75 Å². The Kier molecular flexibility index (Phi) is 9.46. The largest absolute Gasteiger partial charge is 0.497 e. The van der Waals surface area contributed by atoms with Gasteiger partial charge in [0.05, 0.1) is 28.0 Å². The molecule has 0 aliphatic carbocycles. The van der Waals surface area contributed by atoms with E-state index >= 15 is 0 Å². The minimum absolute atomic E-state index is 0. The molecule has 1 aliphatic rings. The molecule has 212 valence electrons. The number of thiazole rings is 1. The maximum absolute atomic E-state index is 14.0. The van der Waals surface area contributed by atoms with Crippen LogP contribution in [0, 0.1) is 5.82 Å². The van der Waals surface area contributed by atoms with Gasteiger partial charge >= 0.3 is 0 Å². The van der Waals surface area contributed by atoms with Crippen molar-refractivity contribution in [3.8, 4) is 5.75 Å². The summed E-state index contributed by atoms with van der Waals surface area (Å²) in [7, 11) is -2.39. The van der Waals surface area contributed by atoms with Gasteiger partial charge < -0.3 is 15.0 Å². The molecule has 1 saturated heterocycles. The minimum atomic E-state index is -3.89. The highest BCUT2D eigenvalue weighted by Gasteiger charge is 2.22. The van der Waals surface area contributed by atoms with E-state index in [2.05, 4.69) is 24.8 Å². The number of carbonyl (C=O) groups is 1. The van der Waals surface area contributed by atoms with Crippen LogP contribution in [0.2, 0.25) is 0 Å². The lowest BCUT2D eigenvalue weighted by atomic mass is 10.1. The second kappa shape index (κ2) is 12.8. The number of benzene rings is 3. The molecular weight excluding hydrogens is 577 g/mol. The van der Waals surface area contributed by atoms with Crippen LogP contribution >= 0.6 is 23.7 Å². The molecule has 4 aromatic rings. The molecule has 40 heavy (non-hydrogen) atoms. The fourth-order valence-electron chi connectivity index (χ4n) is 4.35. The van der Waals surface area contributed by atoms with Gasteiger partial charge in [0.15, 0.2) is 5.13 Å². The highest BCUT2D eigenvalue weighted by molar-refractivity contribution is 7.92. The fourth-order valence-corrected chi connectivity index (χ4v) is 6.46. The highest BCUT2D eigenvalue weighted by atomic mass is 35.5. The third-order valence-electron chi connectivity index (χ3n) is 6.50. The van der Waals surface area contributed by atoms with E-state index in [9.17, 15) is 17.6 Å². The summed E-state index contributed by atoms with van der Waals surface area (Å²) < 4.78 is 48.2. The van der Waals surface area contributed by atoms with E-state index in [4.69, 9.17) is 4.74 Å². The van der Waals surface area contributed by atoms with Crippen molar-refractivity contribution in [2.45, 2.75) is 4.90 Å². The van der Waals surface area contributed by atoms with Crippen molar-refractivity contribution >= 4 is 60.7 Å². The molecule has 1 fully saturated rings. The predicted molar refractivity (Wildman–Crippen MR) is 158 cm³/mol. The molecule has 0 radical (unpaired) electrons. The number of rotatable bonds is 9. The van der Waals surface area contributed by atoms with Crippen molar-refractivity contribution in [3.63, 3.8) is 0 Å². The molecule has 0 bridgehead atoms. The maximum Gasteiger partial charge on any atom is 0.261 e. The SMILES string of the molecule is COc1ccc(S(=O)(=O)Nc2ccccc2C(=O)NCCN2CCN(c3nc4c(F)cccc4s3)CC2)cc1.Cl. The predicted octanol–water partition coefficient (Wildman–Crippen LogP) is 4.22. The van der Waals surface area contributed by atoms with Crippen LogP contribution in [0.15, 0.2) is 71.6 Å². The van der Waals surface area contributed by atoms with Crippen LogP contribution in [0.1, 0.15) is 10.4 Å². The normalized spacial score (nSPS) is 14.0. The number of methoxy groups -OCH3 is 1. The van der Waals surface area contributed by atoms with E-state index in [1.165, 1.54) is 36.6 Å².